The van der Waals surface area contributed by atoms with E-state index in [2.05, 4.69) is 0 Å². The first kappa shape index (κ1) is 19.4. The monoisotopic (exact) mass is 326 g/mol. The first-order valence-corrected chi connectivity index (χ1v) is 7.96. The molecule has 6 nitrogen and oxygen atoms in total. The molecule has 0 aromatic heterocycles. The molecule has 1 aliphatic carbocycles. The Hall–Kier alpha value is -1.69. The van der Waals surface area contributed by atoms with Gasteiger partial charge in [-0.1, -0.05) is 27.7 Å². The zero-order chi connectivity index (χ0) is 17.7. The highest BCUT2D eigenvalue weighted by Gasteiger charge is 2.44. The largest absolute Gasteiger partial charge is 0.457 e. The highest BCUT2D eigenvalue weighted by atomic mass is 16.6. The van der Waals surface area contributed by atoms with E-state index < -0.39 is 36.5 Å². The molecule has 0 heterocycles. The molecule has 6 heteroatoms. The molecule has 0 saturated heterocycles. The highest BCUT2D eigenvalue weighted by Crippen LogP contribution is 2.32. The second-order valence-corrected chi connectivity index (χ2v) is 6.28. The lowest BCUT2D eigenvalue weighted by Gasteiger charge is -2.37. The van der Waals surface area contributed by atoms with Gasteiger partial charge in [-0.3, -0.25) is 14.4 Å². The van der Waals surface area contributed by atoms with Gasteiger partial charge in [-0.05, 0) is 18.4 Å². The van der Waals surface area contributed by atoms with Crippen LogP contribution in [0.15, 0.2) is 11.6 Å². The molecule has 0 fully saturated rings. The fourth-order valence-electron chi connectivity index (χ4n) is 2.62. The van der Waals surface area contributed by atoms with Crippen molar-refractivity contribution >= 4 is 17.7 Å². The number of Topliss-reactive ketones (excluding diaryl/α,β-unsaturated/α-hetero) is 1. The van der Waals surface area contributed by atoms with Crippen LogP contribution < -0.4 is 0 Å². The van der Waals surface area contributed by atoms with Crippen LogP contribution in [-0.2, 0) is 23.9 Å². The van der Waals surface area contributed by atoms with Gasteiger partial charge in [-0.15, -0.1) is 0 Å². The summed E-state index contributed by atoms with van der Waals surface area (Å²) in [5, 5.41) is 9.38. The summed E-state index contributed by atoms with van der Waals surface area (Å²) < 4.78 is 10.7. The van der Waals surface area contributed by atoms with Crippen molar-refractivity contribution in [3.05, 3.63) is 11.6 Å². The Kier molecular flexibility index (Phi) is 6.94. The molecule has 1 N–H and O–H groups in total. The summed E-state index contributed by atoms with van der Waals surface area (Å²) in [5.41, 5.74) is 0.107. The van der Waals surface area contributed by atoms with Crippen LogP contribution in [0.4, 0.5) is 0 Å². The first-order valence-electron chi connectivity index (χ1n) is 7.96. The van der Waals surface area contributed by atoms with Crippen molar-refractivity contribution in [3.63, 3.8) is 0 Å². The van der Waals surface area contributed by atoms with Crippen LogP contribution in [0, 0.1) is 17.8 Å². The van der Waals surface area contributed by atoms with E-state index in [9.17, 15) is 19.5 Å². The maximum absolute atomic E-state index is 12.4. The fourth-order valence-corrected chi connectivity index (χ4v) is 2.62. The van der Waals surface area contributed by atoms with Gasteiger partial charge in [0.05, 0.1) is 12.5 Å². The molecule has 4 unspecified atom stereocenters. The molecule has 130 valence electrons. The third kappa shape index (κ3) is 4.64. The first-order chi connectivity index (χ1) is 10.7. The van der Waals surface area contributed by atoms with Gasteiger partial charge < -0.3 is 14.6 Å². The Morgan fingerprint density at radius 2 is 1.87 bits per heavy atom. The zero-order valence-corrected chi connectivity index (χ0v) is 14.4. The van der Waals surface area contributed by atoms with E-state index in [0.29, 0.717) is 6.42 Å². The summed E-state index contributed by atoms with van der Waals surface area (Å²) in [5.74, 6) is -2.19. The minimum absolute atomic E-state index is 0.0606. The lowest BCUT2D eigenvalue weighted by Crippen LogP contribution is -2.48. The van der Waals surface area contributed by atoms with Gasteiger partial charge in [0.1, 0.15) is 6.10 Å². The Morgan fingerprint density at radius 3 is 2.30 bits per heavy atom. The number of esters is 2. The van der Waals surface area contributed by atoms with Crippen molar-refractivity contribution < 1.29 is 29.0 Å². The molecule has 4 atom stereocenters. The van der Waals surface area contributed by atoms with Gasteiger partial charge in [0.25, 0.3) is 0 Å². The van der Waals surface area contributed by atoms with Crippen LogP contribution in [0.5, 0.6) is 0 Å². The molecule has 0 aliphatic heterocycles. The number of carbonyl (C=O) groups is 3. The normalized spacial score (nSPS) is 25.8. The van der Waals surface area contributed by atoms with E-state index in [4.69, 9.17) is 9.47 Å². The average Bonchev–Trinajstić information content (AvgIpc) is 2.48. The molecule has 0 aromatic rings. The smallest absolute Gasteiger partial charge is 0.309 e. The van der Waals surface area contributed by atoms with Gasteiger partial charge in [0.15, 0.2) is 6.10 Å². The summed E-state index contributed by atoms with van der Waals surface area (Å²) in [6.45, 7) is 8.13. The quantitative estimate of drug-likeness (QED) is 0.747. The summed E-state index contributed by atoms with van der Waals surface area (Å²) in [7, 11) is 0. The van der Waals surface area contributed by atoms with Crippen molar-refractivity contribution in [2.75, 3.05) is 6.61 Å². The molecule has 0 aromatic carbocycles. The van der Waals surface area contributed by atoms with E-state index in [1.54, 1.807) is 6.92 Å². The lowest BCUT2D eigenvalue weighted by atomic mass is 9.77. The van der Waals surface area contributed by atoms with Crippen LogP contribution in [0.2, 0.25) is 0 Å². The van der Waals surface area contributed by atoms with E-state index in [-0.39, 0.29) is 23.4 Å². The van der Waals surface area contributed by atoms with Gasteiger partial charge in [0.2, 0.25) is 5.78 Å². The molecular formula is C17H26O6. The predicted molar refractivity (Wildman–Crippen MR) is 83.4 cm³/mol. The van der Waals surface area contributed by atoms with Gasteiger partial charge in [-0.25, -0.2) is 0 Å². The number of rotatable bonds is 6. The van der Waals surface area contributed by atoms with Gasteiger partial charge in [-0.2, -0.15) is 0 Å². The molecule has 0 bridgehead atoms. The third-order valence-corrected chi connectivity index (χ3v) is 4.17. The van der Waals surface area contributed by atoms with Gasteiger partial charge in [0, 0.05) is 18.4 Å². The molecule has 0 spiro atoms. The second kappa shape index (κ2) is 8.24. The third-order valence-electron chi connectivity index (χ3n) is 4.17. The number of hydrogen-bond acceptors (Lipinski definition) is 6. The summed E-state index contributed by atoms with van der Waals surface area (Å²) in [4.78, 5) is 35.8. The number of aliphatic hydroxyl groups is 1. The average molecular weight is 326 g/mol. The Bertz CT molecular complexity index is 493. The number of carbonyl (C=O) groups excluding carboxylic acids is 3. The maximum atomic E-state index is 12.4. The van der Waals surface area contributed by atoms with Crippen LogP contribution in [0.3, 0.4) is 0 Å². The standard InChI is InChI=1S/C17H26O6/c1-6-10(4)17(21)23-13-7-12(8-18)15(20)16(22-11(5)19)14(13)9(2)3/h7,9-10,13-14,16,18H,6,8H2,1-5H3. The van der Waals surface area contributed by atoms with Crippen molar-refractivity contribution in [1.82, 2.24) is 0 Å². The molecule has 23 heavy (non-hydrogen) atoms. The van der Waals surface area contributed by atoms with Crippen LogP contribution in [-0.4, -0.2) is 41.6 Å². The van der Waals surface area contributed by atoms with E-state index in [1.807, 2.05) is 20.8 Å². The second-order valence-electron chi connectivity index (χ2n) is 6.28. The van der Waals surface area contributed by atoms with Crippen LogP contribution in [0.25, 0.3) is 0 Å². The van der Waals surface area contributed by atoms with E-state index >= 15 is 0 Å². The molecule has 1 aliphatic rings. The molecule has 0 saturated carbocycles. The van der Waals surface area contributed by atoms with Crippen LogP contribution >= 0.6 is 0 Å². The number of hydrogen-bond donors (Lipinski definition) is 1. The Labute approximate surface area is 136 Å². The minimum Gasteiger partial charge on any atom is -0.457 e. The molecule has 0 radical (unpaired) electrons. The Morgan fingerprint density at radius 1 is 1.26 bits per heavy atom. The molecular weight excluding hydrogens is 300 g/mol. The topological polar surface area (TPSA) is 89.9 Å². The lowest BCUT2D eigenvalue weighted by molar-refractivity contribution is -0.168. The summed E-state index contributed by atoms with van der Waals surface area (Å²) in [6.07, 6.45) is 0.365. The Balaban J connectivity index is 3.17. The fraction of sp³-hybridized carbons (Fsp3) is 0.706. The molecule has 0 amide bonds. The van der Waals surface area contributed by atoms with Crippen molar-refractivity contribution in [2.45, 2.75) is 53.2 Å². The summed E-state index contributed by atoms with van der Waals surface area (Å²) >= 11 is 0. The van der Waals surface area contributed by atoms with Crippen molar-refractivity contribution in [2.24, 2.45) is 17.8 Å². The number of aliphatic hydroxyl groups excluding tert-OH is 1. The number of ether oxygens (including phenoxy) is 2. The summed E-state index contributed by atoms with van der Waals surface area (Å²) in [6, 6.07) is 0. The minimum atomic E-state index is -1.05. The molecule has 1 rings (SSSR count). The van der Waals surface area contributed by atoms with Crippen molar-refractivity contribution in [3.8, 4) is 0 Å². The van der Waals surface area contributed by atoms with Gasteiger partial charge >= 0.3 is 11.9 Å². The van der Waals surface area contributed by atoms with E-state index in [1.165, 1.54) is 13.0 Å². The van der Waals surface area contributed by atoms with Crippen LogP contribution in [0.1, 0.15) is 41.0 Å². The number of ketones is 1. The predicted octanol–water partition coefficient (Wildman–Crippen LogP) is 1.65. The van der Waals surface area contributed by atoms with Crippen molar-refractivity contribution in [1.29, 1.82) is 0 Å². The highest BCUT2D eigenvalue weighted by molar-refractivity contribution is 6.01. The maximum Gasteiger partial charge on any atom is 0.309 e. The van der Waals surface area contributed by atoms with E-state index in [0.717, 1.165) is 0 Å². The SMILES string of the molecule is CCC(C)C(=O)OC1C=C(CO)C(=O)C(OC(C)=O)C1C(C)C. The zero-order valence-electron chi connectivity index (χ0n) is 14.4.